The van der Waals surface area contributed by atoms with Crippen LogP contribution >= 0.6 is 21.6 Å². The molecule has 2 aromatic rings. The monoisotopic (exact) mass is 558 g/mol. The van der Waals surface area contributed by atoms with E-state index in [-0.39, 0.29) is 0 Å². The lowest BCUT2D eigenvalue weighted by molar-refractivity contribution is 0.0935. The van der Waals surface area contributed by atoms with Gasteiger partial charge in [-0.05, 0) is 50.9 Å². The summed E-state index contributed by atoms with van der Waals surface area (Å²) >= 11 is 0. The Morgan fingerprint density at radius 2 is 1.03 bits per heavy atom. The Hall–Kier alpha value is -1.42. The molecule has 0 saturated carbocycles. The molecule has 0 spiro atoms. The van der Waals surface area contributed by atoms with Crippen LogP contribution in [-0.4, -0.2) is 61.2 Å². The third-order valence-electron chi connectivity index (χ3n) is 7.10. The van der Waals surface area contributed by atoms with E-state index in [9.17, 15) is 0 Å². The molecule has 2 aliphatic heterocycles. The van der Waals surface area contributed by atoms with Gasteiger partial charge in [-0.15, -0.1) is 0 Å². The smallest absolute Gasteiger partial charge is 0.142 e. The molecule has 0 unspecified atom stereocenters. The molecule has 38 heavy (non-hydrogen) atoms. The van der Waals surface area contributed by atoms with Crippen LogP contribution < -0.4 is 20.1 Å². The minimum absolute atomic E-state index is 0.730. The molecule has 4 rings (SSSR count). The Kier molecular flexibility index (Phi) is 14.0. The molecule has 2 N–H and O–H groups in total. The predicted molar refractivity (Wildman–Crippen MR) is 163 cm³/mol. The van der Waals surface area contributed by atoms with Crippen LogP contribution in [0.15, 0.2) is 48.5 Å². The number of unbranched alkanes of at least 4 members (excludes halogenated alkanes) is 6. The molecule has 0 atom stereocenters. The molecule has 0 aromatic heterocycles. The van der Waals surface area contributed by atoms with Crippen LogP contribution in [0.1, 0.15) is 62.5 Å². The molecule has 8 heteroatoms. The van der Waals surface area contributed by atoms with Crippen molar-refractivity contribution in [2.24, 2.45) is 0 Å². The standard InChI is InChI=1S/C30H46N4O2S2/c1(3-11-19-33-21-27-13-5-7-15-29(27)35-25-33)9-17-31-23-37-38-24-32-18-10-2-4-12-20-34-22-28-14-6-8-16-30(28)36-26-34/h5-8,13-16,31-32H,1-4,9-12,17-26H2. The molecule has 0 radical (unpaired) electrons. The van der Waals surface area contributed by atoms with E-state index in [0.29, 0.717) is 0 Å². The lowest BCUT2D eigenvalue weighted by Crippen LogP contribution is -2.32. The molecule has 210 valence electrons. The lowest BCUT2D eigenvalue weighted by Gasteiger charge is -2.28. The molecular weight excluding hydrogens is 512 g/mol. The molecule has 0 amide bonds. The molecule has 0 fully saturated rings. The zero-order chi connectivity index (χ0) is 26.1. The van der Waals surface area contributed by atoms with Crippen LogP contribution in [0, 0.1) is 0 Å². The third-order valence-corrected chi connectivity index (χ3v) is 9.12. The van der Waals surface area contributed by atoms with Crippen LogP contribution in [0.5, 0.6) is 11.5 Å². The second-order valence-corrected chi connectivity index (χ2v) is 12.7. The van der Waals surface area contributed by atoms with E-state index in [1.165, 1.54) is 62.5 Å². The van der Waals surface area contributed by atoms with Crippen molar-refractivity contribution in [3.05, 3.63) is 59.7 Å². The summed E-state index contributed by atoms with van der Waals surface area (Å²) < 4.78 is 11.7. The summed E-state index contributed by atoms with van der Waals surface area (Å²) in [4.78, 5) is 4.82. The second kappa shape index (κ2) is 18.0. The van der Waals surface area contributed by atoms with Crippen LogP contribution in [0.25, 0.3) is 0 Å². The van der Waals surface area contributed by atoms with Crippen molar-refractivity contribution in [2.45, 2.75) is 64.5 Å². The maximum Gasteiger partial charge on any atom is 0.142 e. The average Bonchev–Trinajstić information content (AvgIpc) is 2.96. The Morgan fingerprint density at radius 3 is 1.53 bits per heavy atom. The number of benzene rings is 2. The molecular formula is C30H46N4O2S2. The fourth-order valence-corrected chi connectivity index (χ4v) is 6.54. The molecule has 2 heterocycles. The van der Waals surface area contributed by atoms with Crippen molar-refractivity contribution in [2.75, 3.05) is 51.4 Å². The number of ether oxygens (including phenoxy) is 2. The molecule has 6 nitrogen and oxygen atoms in total. The lowest BCUT2D eigenvalue weighted by atomic mass is 10.1. The highest BCUT2D eigenvalue weighted by molar-refractivity contribution is 8.76. The zero-order valence-electron chi connectivity index (χ0n) is 22.9. The summed E-state index contributed by atoms with van der Waals surface area (Å²) in [6.45, 7) is 8.00. The van der Waals surface area contributed by atoms with E-state index in [2.05, 4.69) is 56.8 Å². The van der Waals surface area contributed by atoms with Crippen molar-refractivity contribution >= 4 is 21.6 Å². The minimum atomic E-state index is 0.730. The van der Waals surface area contributed by atoms with E-state index in [4.69, 9.17) is 9.47 Å². The van der Waals surface area contributed by atoms with E-state index < -0.39 is 0 Å². The van der Waals surface area contributed by atoms with Crippen LogP contribution in [0.3, 0.4) is 0 Å². The molecule has 0 aliphatic carbocycles. The summed E-state index contributed by atoms with van der Waals surface area (Å²) in [5.41, 5.74) is 2.63. The number of nitrogens with zero attached hydrogens (tertiary/aromatic N) is 2. The third kappa shape index (κ3) is 11.0. The van der Waals surface area contributed by atoms with Gasteiger partial charge < -0.3 is 20.1 Å². The van der Waals surface area contributed by atoms with Gasteiger partial charge in [-0.25, -0.2) is 0 Å². The van der Waals surface area contributed by atoms with Gasteiger partial charge in [0.15, 0.2) is 0 Å². The first-order valence-corrected chi connectivity index (χ1v) is 16.9. The van der Waals surface area contributed by atoms with Gasteiger partial charge in [0.05, 0.1) is 11.8 Å². The van der Waals surface area contributed by atoms with Gasteiger partial charge in [-0.1, -0.05) is 83.7 Å². The fourth-order valence-electron chi connectivity index (χ4n) is 4.92. The van der Waals surface area contributed by atoms with Gasteiger partial charge >= 0.3 is 0 Å². The number of fused-ring (bicyclic) bond motifs is 2. The Bertz CT molecular complexity index is 846. The Balaban J connectivity index is 0.846. The minimum Gasteiger partial charge on any atom is -0.478 e. The number of hydrogen-bond acceptors (Lipinski definition) is 8. The number of nitrogens with one attached hydrogen (secondary N) is 2. The summed E-state index contributed by atoms with van der Waals surface area (Å²) in [6, 6.07) is 16.8. The molecule has 2 aliphatic rings. The summed E-state index contributed by atoms with van der Waals surface area (Å²) in [7, 11) is 3.85. The van der Waals surface area contributed by atoms with Gasteiger partial charge in [0.25, 0.3) is 0 Å². The Labute approximate surface area is 238 Å². The summed E-state index contributed by atoms with van der Waals surface area (Å²) in [5.74, 6) is 4.17. The molecule has 0 bridgehead atoms. The largest absolute Gasteiger partial charge is 0.478 e. The highest BCUT2D eigenvalue weighted by Crippen LogP contribution is 2.25. The SMILES string of the molecule is c1ccc2c(c1)CN(CCCCCCNCSSCNCCCCCCN1COc3ccccc3C1)CO2. The van der Waals surface area contributed by atoms with E-state index in [0.717, 1.165) is 76.0 Å². The van der Waals surface area contributed by atoms with Crippen molar-refractivity contribution in [1.29, 1.82) is 0 Å². The quantitative estimate of drug-likeness (QED) is 0.119. The number of hydrogen-bond donors (Lipinski definition) is 2. The first-order chi connectivity index (χ1) is 18.9. The first-order valence-electron chi connectivity index (χ1n) is 14.4. The number of para-hydroxylation sites is 2. The molecule has 2 aromatic carbocycles. The van der Waals surface area contributed by atoms with Crippen molar-refractivity contribution < 1.29 is 9.47 Å². The normalized spacial score (nSPS) is 15.5. The Morgan fingerprint density at radius 1 is 0.579 bits per heavy atom. The maximum absolute atomic E-state index is 5.85. The van der Waals surface area contributed by atoms with E-state index >= 15 is 0 Å². The average molecular weight is 559 g/mol. The van der Waals surface area contributed by atoms with Crippen LogP contribution in [0.2, 0.25) is 0 Å². The topological polar surface area (TPSA) is 49.0 Å². The van der Waals surface area contributed by atoms with Crippen molar-refractivity contribution in [3.8, 4) is 11.5 Å². The van der Waals surface area contributed by atoms with Crippen molar-refractivity contribution in [1.82, 2.24) is 20.4 Å². The summed E-state index contributed by atoms with van der Waals surface area (Å²) in [6.07, 6.45) is 10.2. The van der Waals surface area contributed by atoms with Gasteiger partial charge in [0.1, 0.15) is 25.0 Å². The highest BCUT2D eigenvalue weighted by Gasteiger charge is 2.16. The van der Waals surface area contributed by atoms with E-state index in [1.807, 2.05) is 33.7 Å². The first kappa shape index (κ1) is 29.6. The van der Waals surface area contributed by atoms with Crippen LogP contribution in [-0.2, 0) is 13.1 Å². The summed E-state index contributed by atoms with van der Waals surface area (Å²) in [5, 5.41) is 7.13. The van der Waals surface area contributed by atoms with Gasteiger partial charge in [-0.2, -0.15) is 0 Å². The van der Waals surface area contributed by atoms with Gasteiger partial charge in [-0.3, -0.25) is 9.80 Å². The number of rotatable bonds is 19. The zero-order valence-corrected chi connectivity index (χ0v) is 24.5. The van der Waals surface area contributed by atoms with Crippen LogP contribution in [0.4, 0.5) is 0 Å². The van der Waals surface area contributed by atoms with E-state index in [1.54, 1.807) is 0 Å². The fraction of sp³-hybridized carbons (Fsp3) is 0.600. The molecule has 0 saturated heterocycles. The highest BCUT2D eigenvalue weighted by atomic mass is 33.1. The second-order valence-electron chi connectivity index (χ2n) is 10.2. The van der Waals surface area contributed by atoms with Gasteiger partial charge in [0, 0.05) is 37.3 Å². The van der Waals surface area contributed by atoms with Crippen molar-refractivity contribution in [3.63, 3.8) is 0 Å². The van der Waals surface area contributed by atoms with Gasteiger partial charge in [0.2, 0.25) is 0 Å². The maximum atomic E-state index is 5.85. The predicted octanol–water partition coefficient (Wildman–Crippen LogP) is 6.29.